The predicted molar refractivity (Wildman–Crippen MR) is 575 cm³/mol. The normalized spacial score (nSPS) is 11.5. The molecular formula is C129H81N9. The van der Waals surface area contributed by atoms with Crippen molar-refractivity contribution in [3.63, 3.8) is 0 Å². The molecule has 0 atom stereocenters. The zero-order valence-corrected chi connectivity index (χ0v) is 74.8. The summed E-state index contributed by atoms with van der Waals surface area (Å²) in [5, 5.41) is 29.6. The van der Waals surface area contributed by atoms with Gasteiger partial charge in [-0.25, -0.2) is 44.9 Å². The van der Waals surface area contributed by atoms with Gasteiger partial charge in [0, 0.05) is 50.1 Å². The van der Waals surface area contributed by atoms with Crippen molar-refractivity contribution in [2.24, 2.45) is 0 Å². The molecule has 9 nitrogen and oxygen atoms in total. The van der Waals surface area contributed by atoms with Gasteiger partial charge in [-0.2, -0.15) is 0 Å². The summed E-state index contributed by atoms with van der Waals surface area (Å²) in [6, 6.07) is 173. The smallest absolute Gasteiger partial charge is 0.164 e. The van der Waals surface area contributed by atoms with Crippen molar-refractivity contribution in [3.8, 4) is 136 Å². The first-order valence-corrected chi connectivity index (χ1v) is 46.6. The van der Waals surface area contributed by atoms with E-state index in [1.807, 2.05) is 121 Å². The topological polar surface area (TPSA) is 116 Å². The first-order chi connectivity index (χ1) is 68.4. The molecule has 24 aromatic carbocycles. The van der Waals surface area contributed by atoms with Crippen molar-refractivity contribution in [3.05, 3.63) is 491 Å². The Kier molecular flexibility index (Phi) is 20.8. The summed E-state index contributed by atoms with van der Waals surface area (Å²) >= 11 is 0. The lowest BCUT2D eigenvalue weighted by atomic mass is 9.89. The summed E-state index contributed by atoms with van der Waals surface area (Å²) < 4.78 is 0. The molecule has 0 fully saturated rings. The van der Waals surface area contributed by atoms with Gasteiger partial charge >= 0.3 is 0 Å². The molecular weight excluding hydrogens is 1680 g/mol. The molecule has 0 saturated heterocycles. The highest BCUT2D eigenvalue weighted by Gasteiger charge is 2.23. The molecule has 0 amide bonds. The Balaban J connectivity index is 0.000000110. The lowest BCUT2D eigenvalue weighted by molar-refractivity contribution is 1.07. The van der Waals surface area contributed by atoms with Gasteiger partial charge in [0.15, 0.2) is 52.4 Å². The fourth-order valence-electron chi connectivity index (χ4n) is 20.0. The highest BCUT2D eigenvalue weighted by molar-refractivity contribution is 6.25. The molecule has 0 N–H and O–H groups in total. The van der Waals surface area contributed by atoms with E-state index in [2.05, 4.69) is 370 Å². The molecule has 0 aliphatic rings. The molecule has 642 valence electrons. The van der Waals surface area contributed by atoms with Crippen molar-refractivity contribution >= 4 is 129 Å². The first-order valence-electron chi connectivity index (χ1n) is 46.6. The highest BCUT2D eigenvalue weighted by Crippen LogP contribution is 2.46. The summed E-state index contributed by atoms with van der Waals surface area (Å²) in [6.45, 7) is 0. The molecule has 3 heterocycles. The van der Waals surface area contributed by atoms with Crippen molar-refractivity contribution in [2.75, 3.05) is 0 Å². The third kappa shape index (κ3) is 15.3. The van der Waals surface area contributed by atoms with Gasteiger partial charge in [-0.1, -0.05) is 467 Å². The van der Waals surface area contributed by atoms with Crippen LogP contribution >= 0.6 is 0 Å². The van der Waals surface area contributed by atoms with Crippen molar-refractivity contribution < 1.29 is 0 Å². The highest BCUT2D eigenvalue weighted by atomic mass is 15.1. The van der Waals surface area contributed by atoms with Gasteiger partial charge in [0.05, 0.1) is 0 Å². The van der Waals surface area contributed by atoms with E-state index in [9.17, 15) is 0 Å². The molecule has 0 radical (unpaired) electrons. The van der Waals surface area contributed by atoms with Crippen molar-refractivity contribution in [1.82, 2.24) is 44.9 Å². The van der Waals surface area contributed by atoms with E-state index in [1.54, 1.807) is 0 Å². The van der Waals surface area contributed by atoms with E-state index < -0.39 is 0 Å². The first kappa shape index (κ1) is 81.4. The van der Waals surface area contributed by atoms with Gasteiger partial charge in [0.2, 0.25) is 0 Å². The van der Waals surface area contributed by atoms with E-state index in [-0.39, 0.29) is 0 Å². The Morgan fingerprint density at radius 1 is 0.0942 bits per heavy atom. The Morgan fingerprint density at radius 2 is 0.333 bits per heavy atom. The lowest BCUT2D eigenvalue weighted by Gasteiger charge is -2.16. The van der Waals surface area contributed by atoms with Crippen LogP contribution in [0.25, 0.3) is 265 Å². The summed E-state index contributed by atoms with van der Waals surface area (Å²) in [7, 11) is 0. The number of nitrogens with zero attached hydrogens (tertiary/aromatic N) is 9. The van der Waals surface area contributed by atoms with Crippen LogP contribution in [0.3, 0.4) is 0 Å². The number of fused-ring (bicyclic) bond motifs is 18. The second-order valence-electron chi connectivity index (χ2n) is 34.9. The number of aromatic nitrogens is 9. The van der Waals surface area contributed by atoms with Crippen LogP contribution in [-0.4, -0.2) is 44.9 Å². The molecule has 0 saturated carbocycles. The van der Waals surface area contributed by atoms with Crippen LogP contribution in [0.4, 0.5) is 0 Å². The number of benzene rings is 24. The van der Waals surface area contributed by atoms with E-state index in [1.165, 1.54) is 130 Å². The third-order valence-corrected chi connectivity index (χ3v) is 26.7. The molecule has 9 heteroatoms. The molecule has 0 aliphatic heterocycles. The molecule has 3 aromatic heterocycles. The molecule has 0 spiro atoms. The van der Waals surface area contributed by atoms with E-state index in [0.29, 0.717) is 52.4 Å². The van der Waals surface area contributed by atoms with Gasteiger partial charge in [-0.15, -0.1) is 0 Å². The van der Waals surface area contributed by atoms with Crippen molar-refractivity contribution in [2.45, 2.75) is 0 Å². The van der Waals surface area contributed by atoms with Gasteiger partial charge in [-0.05, 0) is 187 Å². The second-order valence-corrected chi connectivity index (χ2v) is 34.9. The number of hydrogen-bond donors (Lipinski definition) is 0. The monoisotopic (exact) mass is 1760 g/mol. The average Bonchev–Trinajstić information content (AvgIpc) is 0.744. The Bertz CT molecular complexity index is 9250. The van der Waals surface area contributed by atoms with Crippen LogP contribution in [0.2, 0.25) is 0 Å². The van der Waals surface area contributed by atoms with Gasteiger partial charge in [-0.3, -0.25) is 0 Å². The molecule has 0 unspecified atom stereocenters. The SMILES string of the molecule is c1cc(-c2nc(-c3ccc4ccccc4c3)nc(-c3ccc4ccccc4c3)n2)cc(-c2cccc3ccc4c5ccccc5ccc4c23)c1.c1ccc(-c2nc(-c3ccccc3)nc(-c3ccc(-c4cccc5ccc6c7ccccc7ccc6c45)c4ccccc34)n2)cc1.c1ccc(-c2nc(-c3ccccc3)nc(-c3ccc(-c4cccc5ccc6c7ccccc7ccc6c45)cc3)n2)cc1. The van der Waals surface area contributed by atoms with Crippen LogP contribution in [0.15, 0.2) is 491 Å². The fraction of sp³-hybridized carbons (Fsp3) is 0. The summed E-state index contributed by atoms with van der Waals surface area (Å²) in [5.74, 6) is 5.90. The Labute approximate surface area is 795 Å². The molecule has 0 aliphatic carbocycles. The Hall–Kier alpha value is -18.6. The van der Waals surface area contributed by atoms with Crippen LogP contribution in [0.1, 0.15) is 0 Å². The second kappa shape index (κ2) is 35.2. The molecule has 27 aromatic rings. The van der Waals surface area contributed by atoms with Gasteiger partial charge in [0.25, 0.3) is 0 Å². The average molecular weight is 1760 g/mol. The minimum Gasteiger partial charge on any atom is -0.208 e. The third-order valence-electron chi connectivity index (χ3n) is 26.7. The number of rotatable bonds is 12. The summed E-state index contributed by atoms with van der Waals surface area (Å²) in [5.41, 5.74) is 15.7. The zero-order valence-electron chi connectivity index (χ0n) is 74.8. The molecule has 0 bridgehead atoms. The Morgan fingerprint density at radius 3 is 0.739 bits per heavy atom. The van der Waals surface area contributed by atoms with E-state index >= 15 is 0 Å². The van der Waals surface area contributed by atoms with E-state index in [0.717, 1.165) is 82.7 Å². The van der Waals surface area contributed by atoms with Crippen LogP contribution in [0.5, 0.6) is 0 Å². The van der Waals surface area contributed by atoms with Crippen LogP contribution in [-0.2, 0) is 0 Å². The van der Waals surface area contributed by atoms with Gasteiger partial charge in [0.1, 0.15) is 0 Å². The van der Waals surface area contributed by atoms with Crippen LogP contribution in [0, 0.1) is 0 Å². The molecule has 27 rings (SSSR count). The zero-order chi connectivity index (χ0) is 91.4. The standard InChI is InChI=1S/C47H29N3.C43H27N3.C39H25N3/c1-3-12-34-27-38(21-19-30(34)9-1)46-48-45(49-47(50-46)39-22-20-31-10-2-4-13-35(31)28-39)37-16-7-15-36(29-37)41-18-8-14-33-24-25-42-40-17-6-5-11-32(40)23-26-43(42)44(33)41;1-3-13-30(14-4-1)41-44-42(31-15-5-2-6-16-31)46-43(45-41)39-27-26-36(33-19-9-10-20-34(33)39)37-21-11-17-29-23-24-35-32-18-8-7-12-28(32)22-25-38(35)40(29)37;1-3-11-29(12-4-1)37-40-38(30-13-5-2-6-14-30)42-39(41-37)31-20-18-27(19-21-31)33-17-9-15-28-23-24-34-32-16-8-7-10-26(32)22-25-35(34)36(28)33/h1-29H;1-27H;1-25H. The predicted octanol–water partition coefficient (Wildman–Crippen LogP) is 33.5. The summed E-state index contributed by atoms with van der Waals surface area (Å²) in [6.07, 6.45) is 0. The summed E-state index contributed by atoms with van der Waals surface area (Å²) in [4.78, 5) is 45.0. The maximum Gasteiger partial charge on any atom is 0.164 e. The molecule has 138 heavy (non-hydrogen) atoms. The maximum absolute atomic E-state index is 5.13. The largest absolute Gasteiger partial charge is 0.208 e. The van der Waals surface area contributed by atoms with Crippen molar-refractivity contribution in [1.29, 1.82) is 0 Å². The lowest BCUT2D eigenvalue weighted by Crippen LogP contribution is -2.00. The van der Waals surface area contributed by atoms with Crippen LogP contribution < -0.4 is 0 Å². The minimum absolute atomic E-state index is 0.643. The van der Waals surface area contributed by atoms with Gasteiger partial charge < -0.3 is 0 Å². The number of hydrogen-bond acceptors (Lipinski definition) is 9. The van der Waals surface area contributed by atoms with E-state index in [4.69, 9.17) is 44.9 Å². The fourth-order valence-corrected chi connectivity index (χ4v) is 20.0. The minimum atomic E-state index is 0.643. The quantitative estimate of drug-likeness (QED) is 0.110. The maximum atomic E-state index is 5.13.